The van der Waals surface area contributed by atoms with Crippen molar-refractivity contribution in [1.29, 1.82) is 0 Å². The highest BCUT2D eigenvalue weighted by Gasteiger charge is 2.00. The van der Waals surface area contributed by atoms with Crippen LogP contribution in [0.15, 0.2) is 12.7 Å². The summed E-state index contributed by atoms with van der Waals surface area (Å²) in [5, 5.41) is 0. The first-order valence-corrected chi connectivity index (χ1v) is 4.45. The van der Waals surface area contributed by atoms with E-state index in [9.17, 15) is 0 Å². The molecule has 0 aromatic rings. The average molecular weight is 184 g/mol. The SMILES string of the molecule is C=CCOCC.O=P(O)(O)O. The third kappa shape index (κ3) is 75.8. The zero-order valence-electron chi connectivity index (χ0n) is 6.30. The summed E-state index contributed by atoms with van der Waals surface area (Å²) in [6, 6.07) is 0. The zero-order chi connectivity index (χ0) is 9.33. The maximum Gasteiger partial charge on any atom is 0.466 e. The molecule has 0 spiro atoms. The van der Waals surface area contributed by atoms with Crippen molar-refractivity contribution in [2.45, 2.75) is 6.92 Å². The van der Waals surface area contributed by atoms with Gasteiger partial charge in [0.05, 0.1) is 6.61 Å². The van der Waals surface area contributed by atoms with Crippen molar-refractivity contribution < 1.29 is 24.0 Å². The lowest BCUT2D eigenvalue weighted by Gasteiger charge is -1.88. The van der Waals surface area contributed by atoms with Crippen LogP contribution in [0.3, 0.4) is 0 Å². The summed E-state index contributed by atoms with van der Waals surface area (Å²) in [5.74, 6) is 0. The molecule has 0 unspecified atom stereocenters. The summed E-state index contributed by atoms with van der Waals surface area (Å²) in [6.07, 6.45) is 1.74. The molecule has 0 fully saturated rings. The molecule has 0 saturated heterocycles. The van der Waals surface area contributed by atoms with Gasteiger partial charge in [-0.1, -0.05) is 6.08 Å². The molecule has 5 nitrogen and oxygen atoms in total. The molecule has 0 aliphatic rings. The molecule has 11 heavy (non-hydrogen) atoms. The normalized spacial score (nSPS) is 9.82. The molecule has 0 saturated carbocycles. The van der Waals surface area contributed by atoms with Gasteiger partial charge in [0.25, 0.3) is 0 Å². The highest BCUT2D eigenvalue weighted by atomic mass is 31.2. The van der Waals surface area contributed by atoms with Crippen molar-refractivity contribution in [2.75, 3.05) is 13.2 Å². The van der Waals surface area contributed by atoms with Crippen LogP contribution in [0.5, 0.6) is 0 Å². The maximum atomic E-state index is 8.88. The third-order valence-corrected chi connectivity index (χ3v) is 0.440. The predicted octanol–water partition coefficient (Wildman–Crippen LogP) is 0.280. The van der Waals surface area contributed by atoms with Crippen LogP contribution < -0.4 is 0 Å². The number of rotatable bonds is 3. The quantitative estimate of drug-likeness (QED) is 0.333. The Morgan fingerprint density at radius 1 is 1.55 bits per heavy atom. The van der Waals surface area contributed by atoms with Gasteiger partial charge in [-0.25, -0.2) is 4.57 Å². The lowest BCUT2D eigenvalue weighted by Crippen LogP contribution is -1.86. The van der Waals surface area contributed by atoms with Crippen molar-refractivity contribution in [3.8, 4) is 0 Å². The summed E-state index contributed by atoms with van der Waals surface area (Å²) in [6.45, 7) is 6.90. The van der Waals surface area contributed by atoms with Crippen LogP contribution in [-0.2, 0) is 9.30 Å². The van der Waals surface area contributed by atoms with Crippen molar-refractivity contribution in [3.05, 3.63) is 12.7 Å². The van der Waals surface area contributed by atoms with Gasteiger partial charge in [-0.05, 0) is 6.92 Å². The maximum absolute atomic E-state index is 8.88. The Morgan fingerprint density at radius 3 is 2.00 bits per heavy atom. The molecule has 0 aromatic carbocycles. The van der Waals surface area contributed by atoms with E-state index in [4.69, 9.17) is 24.0 Å². The molecule has 0 radical (unpaired) electrons. The van der Waals surface area contributed by atoms with Crippen LogP contribution in [0.4, 0.5) is 0 Å². The Hall–Kier alpha value is -0.190. The van der Waals surface area contributed by atoms with E-state index in [0.29, 0.717) is 6.61 Å². The fraction of sp³-hybridized carbons (Fsp3) is 0.600. The van der Waals surface area contributed by atoms with E-state index >= 15 is 0 Å². The Bertz CT molecular complexity index is 121. The number of ether oxygens (including phenoxy) is 1. The van der Waals surface area contributed by atoms with Crippen molar-refractivity contribution in [1.82, 2.24) is 0 Å². The van der Waals surface area contributed by atoms with E-state index in [0.717, 1.165) is 6.61 Å². The van der Waals surface area contributed by atoms with Gasteiger partial charge in [-0.2, -0.15) is 0 Å². The molecule has 0 bridgehead atoms. The molecule has 6 heteroatoms. The molecule has 0 heterocycles. The standard InChI is InChI=1S/C5H10O.H3O4P/c1-3-5-6-4-2;1-5(2,3)4/h3H,1,4-5H2,2H3;(H3,1,2,3,4). The lowest BCUT2D eigenvalue weighted by atomic mass is 10.7. The van der Waals surface area contributed by atoms with E-state index in [1.165, 1.54) is 0 Å². The molecule has 3 N–H and O–H groups in total. The molecule has 68 valence electrons. The number of phosphoric acid groups is 1. The Labute approximate surface area is 65.6 Å². The van der Waals surface area contributed by atoms with Gasteiger partial charge >= 0.3 is 7.82 Å². The van der Waals surface area contributed by atoms with E-state index in [1.807, 2.05) is 6.92 Å². The first-order valence-electron chi connectivity index (χ1n) is 2.88. The smallest absolute Gasteiger partial charge is 0.378 e. The van der Waals surface area contributed by atoms with Gasteiger partial charge in [0, 0.05) is 6.61 Å². The van der Waals surface area contributed by atoms with Crippen LogP contribution in [0, 0.1) is 0 Å². The molecule has 0 aliphatic heterocycles. The van der Waals surface area contributed by atoms with E-state index < -0.39 is 7.82 Å². The summed E-state index contributed by atoms with van der Waals surface area (Å²) in [4.78, 5) is 21.6. The molecule has 0 aliphatic carbocycles. The average Bonchev–Trinajstić information content (AvgIpc) is 1.79. The van der Waals surface area contributed by atoms with E-state index in [2.05, 4.69) is 6.58 Å². The van der Waals surface area contributed by atoms with E-state index in [-0.39, 0.29) is 0 Å². The predicted molar refractivity (Wildman–Crippen MR) is 41.0 cm³/mol. The molecular formula is C5H13O5P. The minimum Gasteiger partial charge on any atom is -0.378 e. The second-order valence-corrected chi connectivity index (χ2v) is 2.49. The van der Waals surface area contributed by atoms with Crippen molar-refractivity contribution in [3.63, 3.8) is 0 Å². The topological polar surface area (TPSA) is 87.0 Å². The van der Waals surface area contributed by atoms with Gasteiger partial charge in [-0.3, -0.25) is 0 Å². The van der Waals surface area contributed by atoms with Gasteiger partial charge < -0.3 is 19.4 Å². The van der Waals surface area contributed by atoms with Gasteiger partial charge in [0.2, 0.25) is 0 Å². The molecule has 0 rings (SSSR count). The molecular weight excluding hydrogens is 171 g/mol. The highest BCUT2D eigenvalue weighted by Crippen LogP contribution is 2.25. The second kappa shape index (κ2) is 7.91. The molecule has 0 aromatic heterocycles. The zero-order valence-corrected chi connectivity index (χ0v) is 7.20. The van der Waals surface area contributed by atoms with Crippen LogP contribution in [0.25, 0.3) is 0 Å². The van der Waals surface area contributed by atoms with Crippen LogP contribution in [0.1, 0.15) is 6.92 Å². The highest BCUT2D eigenvalue weighted by molar-refractivity contribution is 7.45. The lowest BCUT2D eigenvalue weighted by molar-refractivity contribution is 0.178. The third-order valence-electron chi connectivity index (χ3n) is 0.440. The first kappa shape index (κ1) is 13.4. The number of hydrogen-bond acceptors (Lipinski definition) is 2. The van der Waals surface area contributed by atoms with Crippen molar-refractivity contribution in [2.24, 2.45) is 0 Å². The minimum atomic E-state index is -4.64. The number of hydrogen-bond donors (Lipinski definition) is 3. The Kier molecular flexibility index (Phi) is 9.64. The largest absolute Gasteiger partial charge is 0.466 e. The Morgan fingerprint density at radius 2 is 1.91 bits per heavy atom. The summed E-state index contributed by atoms with van der Waals surface area (Å²) in [5.41, 5.74) is 0. The van der Waals surface area contributed by atoms with Crippen LogP contribution in [0.2, 0.25) is 0 Å². The van der Waals surface area contributed by atoms with Crippen LogP contribution in [-0.4, -0.2) is 27.9 Å². The monoisotopic (exact) mass is 184 g/mol. The molecule has 0 amide bonds. The fourth-order valence-corrected chi connectivity index (χ4v) is 0.201. The van der Waals surface area contributed by atoms with Crippen LogP contribution >= 0.6 is 7.82 Å². The van der Waals surface area contributed by atoms with Gasteiger partial charge in [0.15, 0.2) is 0 Å². The first-order chi connectivity index (χ1) is 4.91. The van der Waals surface area contributed by atoms with Gasteiger partial charge in [0.1, 0.15) is 0 Å². The van der Waals surface area contributed by atoms with E-state index in [1.54, 1.807) is 6.08 Å². The summed E-state index contributed by atoms with van der Waals surface area (Å²) < 4.78 is 13.7. The molecule has 0 atom stereocenters. The summed E-state index contributed by atoms with van der Waals surface area (Å²) in [7, 11) is -4.64. The minimum absolute atomic E-state index is 0.677. The van der Waals surface area contributed by atoms with Gasteiger partial charge in [-0.15, -0.1) is 6.58 Å². The van der Waals surface area contributed by atoms with Crippen molar-refractivity contribution >= 4 is 7.82 Å². The fourth-order valence-electron chi connectivity index (χ4n) is 0.201. The Balaban J connectivity index is 0. The second-order valence-electron chi connectivity index (χ2n) is 1.46. The summed E-state index contributed by atoms with van der Waals surface area (Å²) >= 11 is 0.